The molecule has 7 nitrogen and oxygen atoms in total. The first-order chi connectivity index (χ1) is 13.9. The summed E-state index contributed by atoms with van der Waals surface area (Å²) in [5.41, 5.74) is 12.9. The number of benzene rings is 1. The van der Waals surface area contributed by atoms with E-state index in [1.807, 2.05) is 11.6 Å². The standard InChI is InChI=1S/C20H23FN6OS/c1-20(2-5-27(6-3-20)11-16-24-4-7-29-16)14(10-22)19-25-15-9-12(21)8-13(18(23)28)17(15)26-19/h4,7-10H,2-3,5-6,11,22H2,1H3,(H2,23,28)(H,25,26). The second-order valence-corrected chi connectivity index (χ2v) is 8.62. The normalized spacial score (nSPS) is 17.7. The number of nitrogens with zero attached hydrogens (tertiary/aromatic N) is 3. The van der Waals surface area contributed by atoms with E-state index in [0.717, 1.165) is 49.1 Å². The number of thiazole rings is 1. The van der Waals surface area contributed by atoms with Crippen LogP contribution >= 0.6 is 11.3 Å². The van der Waals surface area contributed by atoms with Crippen molar-refractivity contribution in [3.05, 3.63) is 52.1 Å². The Balaban J connectivity index is 1.59. The minimum Gasteiger partial charge on any atom is -0.404 e. The third-order valence-electron chi connectivity index (χ3n) is 5.69. The molecule has 0 saturated carbocycles. The summed E-state index contributed by atoms with van der Waals surface area (Å²) in [7, 11) is 0. The molecule has 3 heterocycles. The van der Waals surface area contributed by atoms with Gasteiger partial charge in [0.15, 0.2) is 0 Å². The topological polar surface area (TPSA) is 114 Å². The summed E-state index contributed by atoms with van der Waals surface area (Å²) in [5.74, 6) is -0.708. The van der Waals surface area contributed by atoms with Crippen LogP contribution in [0.25, 0.3) is 16.6 Å². The van der Waals surface area contributed by atoms with Crippen molar-refractivity contribution >= 4 is 33.9 Å². The maximum Gasteiger partial charge on any atom is 0.251 e. The van der Waals surface area contributed by atoms with Crippen molar-refractivity contribution in [1.29, 1.82) is 0 Å². The van der Waals surface area contributed by atoms with Gasteiger partial charge in [-0.25, -0.2) is 14.4 Å². The van der Waals surface area contributed by atoms with E-state index in [2.05, 4.69) is 26.8 Å². The number of primary amides is 1. The number of imidazole rings is 1. The molecule has 3 aromatic rings. The zero-order valence-electron chi connectivity index (χ0n) is 16.1. The summed E-state index contributed by atoms with van der Waals surface area (Å²) in [4.78, 5) is 26.1. The van der Waals surface area contributed by atoms with Gasteiger partial charge in [-0.15, -0.1) is 11.3 Å². The van der Waals surface area contributed by atoms with Gasteiger partial charge in [0.2, 0.25) is 0 Å². The molecule has 1 fully saturated rings. The number of nitrogens with one attached hydrogen (secondary N) is 1. The van der Waals surface area contributed by atoms with E-state index in [4.69, 9.17) is 11.5 Å². The number of piperidine rings is 1. The number of carbonyl (C=O) groups excluding carboxylic acids is 1. The maximum atomic E-state index is 13.9. The quantitative estimate of drug-likeness (QED) is 0.594. The summed E-state index contributed by atoms with van der Waals surface area (Å²) in [6.07, 6.45) is 5.19. The Kier molecular flexibility index (Phi) is 5.10. The molecule has 2 aromatic heterocycles. The number of aromatic amines is 1. The van der Waals surface area contributed by atoms with Crippen LogP contribution in [-0.4, -0.2) is 38.8 Å². The van der Waals surface area contributed by atoms with Crippen LogP contribution in [-0.2, 0) is 6.54 Å². The average molecular weight is 415 g/mol. The number of hydrogen-bond acceptors (Lipinski definition) is 6. The molecule has 29 heavy (non-hydrogen) atoms. The molecule has 1 amide bonds. The number of fused-ring (bicyclic) bond motifs is 1. The number of H-pyrrole nitrogens is 1. The van der Waals surface area contributed by atoms with Crippen LogP contribution in [0.1, 0.15) is 41.0 Å². The van der Waals surface area contributed by atoms with Crippen molar-refractivity contribution in [3.63, 3.8) is 0 Å². The third kappa shape index (κ3) is 3.75. The van der Waals surface area contributed by atoms with E-state index in [9.17, 15) is 9.18 Å². The zero-order valence-corrected chi connectivity index (χ0v) is 16.9. The smallest absolute Gasteiger partial charge is 0.251 e. The van der Waals surface area contributed by atoms with Gasteiger partial charge in [0.05, 0.1) is 17.6 Å². The fourth-order valence-electron chi connectivity index (χ4n) is 3.96. The lowest BCUT2D eigenvalue weighted by Crippen LogP contribution is -2.39. The number of aromatic nitrogens is 3. The Morgan fingerprint density at radius 3 is 2.79 bits per heavy atom. The highest BCUT2D eigenvalue weighted by molar-refractivity contribution is 7.09. The van der Waals surface area contributed by atoms with Gasteiger partial charge in [0, 0.05) is 23.3 Å². The molecule has 1 aromatic carbocycles. The zero-order chi connectivity index (χ0) is 20.6. The number of likely N-dealkylation sites (tertiary alicyclic amines) is 1. The highest BCUT2D eigenvalue weighted by Crippen LogP contribution is 2.43. The minimum atomic E-state index is -0.715. The Bertz CT molecular complexity index is 1070. The number of nitrogens with two attached hydrogens (primary N) is 2. The van der Waals surface area contributed by atoms with Gasteiger partial charge in [-0.05, 0) is 43.5 Å². The Morgan fingerprint density at radius 2 is 2.17 bits per heavy atom. The van der Waals surface area contributed by atoms with Crippen LogP contribution in [0.15, 0.2) is 29.9 Å². The van der Waals surface area contributed by atoms with Gasteiger partial charge in [-0.3, -0.25) is 9.69 Å². The molecule has 9 heteroatoms. The molecule has 1 aliphatic heterocycles. The minimum absolute atomic E-state index is 0.0577. The summed E-state index contributed by atoms with van der Waals surface area (Å²) in [6.45, 7) is 4.83. The highest BCUT2D eigenvalue weighted by atomic mass is 32.1. The average Bonchev–Trinajstić information content (AvgIpc) is 3.33. The van der Waals surface area contributed by atoms with Gasteiger partial charge in [-0.2, -0.15) is 0 Å². The summed E-state index contributed by atoms with van der Waals surface area (Å²) in [5, 5.41) is 3.10. The number of rotatable bonds is 5. The van der Waals surface area contributed by atoms with E-state index >= 15 is 0 Å². The van der Waals surface area contributed by atoms with E-state index in [1.54, 1.807) is 17.5 Å². The Hall–Kier alpha value is -2.78. The molecular formula is C20H23FN6OS. The van der Waals surface area contributed by atoms with E-state index in [-0.39, 0.29) is 11.0 Å². The maximum absolute atomic E-state index is 13.9. The number of carbonyl (C=O) groups is 1. The molecule has 1 aliphatic rings. The largest absolute Gasteiger partial charge is 0.404 e. The molecule has 4 rings (SSSR count). The molecule has 0 atom stereocenters. The molecule has 1 saturated heterocycles. The predicted octanol–water partition coefficient (Wildman–Crippen LogP) is 2.86. The SMILES string of the molecule is CC1(C(=CN)c2nc3c(C(N)=O)cc(F)cc3[nH]2)CCN(Cc2nccs2)CC1. The first-order valence-corrected chi connectivity index (χ1v) is 10.3. The molecular weight excluding hydrogens is 391 g/mol. The molecule has 0 bridgehead atoms. The Morgan fingerprint density at radius 1 is 1.41 bits per heavy atom. The summed E-state index contributed by atoms with van der Waals surface area (Å²) >= 11 is 1.66. The number of allylic oxidation sites excluding steroid dienone is 1. The molecule has 5 N–H and O–H groups in total. The summed E-state index contributed by atoms with van der Waals surface area (Å²) in [6, 6.07) is 2.42. The predicted molar refractivity (Wildman–Crippen MR) is 111 cm³/mol. The van der Waals surface area contributed by atoms with Crippen molar-refractivity contribution in [2.24, 2.45) is 16.9 Å². The fraction of sp³-hybridized carbons (Fsp3) is 0.350. The highest BCUT2D eigenvalue weighted by Gasteiger charge is 2.36. The van der Waals surface area contributed by atoms with Crippen LogP contribution in [0.4, 0.5) is 4.39 Å². The van der Waals surface area contributed by atoms with Crippen molar-refractivity contribution in [1.82, 2.24) is 19.9 Å². The van der Waals surface area contributed by atoms with Crippen molar-refractivity contribution in [2.45, 2.75) is 26.3 Å². The van der Waals surface area contributed by atoms with Crippen LogP contribution in [0.5, 0.6) is 0 Å². The first-order valence-electron chi connectivity index (χ1n) is 9.42. The second-order valence-electron chi connectivity index (χ2n) is 7.64. The molecule has 0 spiro atoms. The number of amides is 1. The first kappa shape index (κ1) is 19.5. The van der Waals surface area contributed by atoms with Crippen molar-refractivity contribution < 1.29 is 9.18 Å². The number of halogens is 1. The van der Waals surface area contributed by atoms with Crippen LogP contribution in [0, 0.1) is 11.2 Å². The van der Waals surface area contributed by atoms with Gasteiger partial charge in [0.1, 0.15) is 22.2 Å². The van der Waals surface area contributed by atoms with E-state index in [1.165, 1.54) is 6.07 Å². The lowest BCUT2D eigenvalue weighted by atomic mass is 9.74. The monoisotopic (exact) mass is 414 g/mol. The van der Waals surface area contributed by atoms with E-state index in [0.29, 0.717) is 16.9 Å². The molecule has 152 valence electrons. The van der Waals surface area contributed by atoms with Crippen molar-refractivity contribution in [3.8, 4) is 0 Å². The van der Waals surface area contributed by atoms with Gasteiger partial charge < -0.3 is 16.5 Å². The number of hydrogen-bond donors (Lipinski definition) is 3. The van der Waals surface area contributed by atoms with Crippen LogP contribution < -0.4 is 11.5 Å². The Labute approximate surface area is 171 Å². The van der Waals surface area contributed by atoms with Gasteiger partial charge >= 0.3 is 0 Å². The van der Waals surface area contributed by atoms with Crippen molar-refractivity contribution in [2.75, 3.05) is 13.1 Å². The molecule has 0 aliphatic carbocycles. The lowest BCUT2D eigenvalue weighted by molar-refractivity contribution is 0.100. The van der Waals surface area contributed by atoms with Crippen LogP contribution in [0.2, 0.25) is 0 Å². The fourth-order valence-corrected chi connectivity index (χ4v) is 4.62. The third-order valence-corrected chi connectivity index (χ3v) is 6.46. The van der Waals surface area contributed by atoms with Crippen LogP contribution in [0.3, 0.4) is 0 Å². The van der Waals surface area contributed by atoms with Gasteiger partial charge in [0.25, 0.3) is 5.91 Å². The van der Waals surface area contributed by atoms with E-state index < -0.39 is 11.7 Å². The lowest BCUT2D eigenvalue weighted by Gasteiger charge is -2.40. The molecule has 0 radical (unpaired) electrons. The second kappa shape index (κ2) is 7.57. The van der Waals surface area contributed by atoms with Gasteiger partial charge in [-0.1, -0.05) is 6.92 Å². The molecule has 0 unspecified atom stereocenters. The summed E-state index contributed by atoms with van der Waals surface area (Å²) < 4.78 is 13.9.